The quantitative estimate of drug-likeness (QED) is 0.655. The summed E-state index contributed by atoms with van der Waals surface area (Å²) in [5.41, 5.74) is 1.82. The fraction of sp³-hybridized carbons (Fsp3) is 0. The summed E-state index contributed by atoms with van der Waals surface area (Å²) < 4.78 is 0. The van der Waals surface area contributed by atoms with E-state index in [0.29, 0.717) is 0 Å². The minimum absolute atomic E-state index is 0.803. The normalized spacial score (nSPS) is 9.30. The number of rotatable bonds is 2. The van der Waals surface area contributed by atoms with Crippen molar-refractivity contribution in [2.24, 2.45) is 0 Å². The molecule has 0 aliphatic heterocycles. The van der Waals surface area contributed by atoms with Crippen LogP contribution in [0, 0.1) is 6.61 Å². The lowest BCUT2D eigenvalue weighted by Gasteiger charge is -1.95. The molecule has 0 aliphatic rings. The van der Waals surface area contributed by atoms with E-state index < -0.39 is 0 Å². The lowest BCUT2D eigenvalue weighted by Crippen LogP contribution is -1.79. The molecule has 1 heteroatoms. The summed E-state index contributed by atoms with van der Waals surface area (Å²) in [5.74, 6) is 0. The van der Waals surface area contributed by atoms with E-state index in [0.717, 1.165) is 17.7 Å². The Hall–Kier alpha value is -1.08. The Balaban J connectivity index is 2.98. The van der Waals surface area contributed by atoms with Gasteiger partial charge in [-0.25, -0.2) is 0 Å². The van der Waals surface area contributed by atoms with Crippen molar-refractivity contribution in [3.8, 4) is 0 Å². The Bertz CT molecular complexity index is 228. The lowest BCUT2D eigenvalue weighted by molar-refractivity contribution is 0.415. The van der Waals surface area contributed by atoms with Gasteiger partial charge in [-0.2, -0.15) is 0 Å². The first kappa shape index (κ1) is 7.03. The summed E-state index contributed by atoms with van der Waals surface area (Å²) in [5, 5.41) is 8.60. The van der Waals surface area contributed by atoms with E-state index in [1.54, 1.807) is 6.08 Å². The topological polar surface area (TPSA) is 20.2 Å². The average Bonchev–Trinajstić information content (AvgIpc) is 2.05. The van der Waals surface area contributed by atoms with Gasteiger partial charge in [0.1, 0.15) is 6.61 Å². The minimum Gasteiger partial charge on any atom is -0.385 e. The monoisotopic (exact) mass is 133 g/mol. The first-order valence-corrected chi connectivity index (χ1v) is 3.07. The van der Waals surface area contributed by atoms with E-state index in [1.807, 2.05) is 24.3 Å². The number of aliphatic hydroxyl groups excluding tert-OH is 1. The van der Waals surface area contributed by atoms with Gasteiger partial charge in [0.15, 0.2) is 0 Å². The third-order valence-electron chi connectivity index (χ3n) is 1.30. The predicted octanol–water partition coefficient (Wildman–Crippen LogP) is 2.21. The van der Waals surface area contributed by atoms with Crippen LogP contribution in [0.5, 0.6) is 0 Å². The van der Waals surface area contributed by atoms with E-state index in [1.165, 1.54) is 0 Å². The van der Waals surface area contributed by atoms with Crippen LogP contribution in [0.4, 0.5) is 0 Å². The predicted molar refractivity (Wildman–Crippen MR) is 41.9 cm³/mol. The smallest absolute Gasteiger partial charge is 0.109 e. The largest absolute Gasteiger partial charge is 0.385 e. The van der Waals surface area contributed by atoms with Gasteiger partial charge in [0.2, 0.25) is 0 Å². The molecule has 1 N–H and O–H groups in total. The molecule has 0 fully saturated rings. The number of hydrogen-bond acceptors (Lipinski definition) is 1. The Morgan fingerprint density at radius 3 is 2.60 bits per heavy atom. The average molecular weight is 133 g/mol. The molecule has 10 heavy (non-hydrogen) atoms. The molecule has 0 amide bonds. The first-order chi connectivity index (χ1) is 4.86. The highest BCUT2D eigenvalue weighted by atomic mass is 16.3. The fourth-order valence-electron chi connectivity index (χ4n) is 0.766. The van der Waals surface area contributed by atoms with Crippen molar-refractivity contribution in [2.75, 3.05) is 0 Å². The van der Waals surface area contributed by atoms with Gasteiger partial charge < -0.3 is 5.11 Å². The van der Waals surface area contributed by atoms with E-state index >= 15 is 0 Å². The van der Waals surface area contributed by atoms with Crippen molar-refractivity contribution in [2.45, 2.75) is 0 Å². The molecule has 1 radical (unpaired) electrons. The molecule has 1 aromatic carbocycles. The fourth-order valence-corrected chi connectivity index (χ4v) is 0.766. The molecular weight excluding hydrogens is 124 g/mol. The molecule has 1 aromatic rings. The Labute approximate surface area is 60.6 Å². The Morgan fingerprint density at radius 2 is 2.00 bits per heavy atom. The van der Waals surface area contributed by atoms with Crippen LogP contribution in [0.2, 0.25) is 0 Å². The van der Waals surface area contributed by atoms with Crippen molar-refractivity contribution in [3.05, 3.63) is 48.6 Å². The molecular formula is C9H9O. The molecule has 0 atom stereocenters. The van der Waals surface area contributed by atoms with Crippen LogP contribution in [-0.2, 0) is 0 Å². The van der Waals surface area contributed by atoms with Crippen LogP contribution in [-0.4, -0.2) is 5.11 Å². The standard InChI is InChI=1S/C9H9O/c1-2-8-4-3-5-9(6-8)7-10/h2-7,10H,1H2. The van der Waals surface area contributed by atoms with Gasteiger partial charge in [0.25, 0.3) is 0 Å². The summed E-state index contributed by atoms with van der Waals surface area (Å²) >= 11 is 0. The van der Waals surface area contributed by atoms with Crippen LogP contribution < -0.4 is 0 Å². The van der Waals surface area contributed by atoms with E-state index in [-0.39, 0.29) is 0 Å². The molecule has 1 nitrogen and oxygen atoms in total. The van der Waals surface area contributed by atoms with Crippen molar-refractivity contribution < 1.29 is 5.11 Å². The Morgan fingerprint density at radius 1 is 1.30 bits per heavy atom. The molecule has 0 aromatic heterocycles. The van der Waals surface area contributed by atoms with Crippen LogP contribution in [0.25, 0.3) is 6.08 Å². The lowest BCUT2D eigenvalue weighted by atomic mass is 10.1. The third-order valence-corrected chi connectivity index (χ3v) is 1.30. The molecule has 0 bridgehead atoms. The van der Waals surface area contributed by atoms with Gasteiger partial charge in [-0.15, -0.1) is 0 Å². The number of hydrogen-bond donors (Lipinski definition) is 1. The summed E-state index contributed by atoms with van der Waals surface area (Å²) in [6.45, 7) is 4.69. The van der Waals surface area contributed by atoms with E-state index in [9.17, 15) is 0 Å². The highest BCUT2D eigenvalue weighted by Gasteiger charge is 1.89. The molecule has 0 aliphatic carbocycles. The zero-order valence-corrected chi connectivity index (χ0v) is 5.62. The molecule has 0 unspecified atom stereocenters. The molecule has 0 heterocycles. The van der Waals surface area contributed by atoms with Crippen molar-refractivity contribution in [1.82, 2.24) is 0 Å². The van der Waals surface area contributed by atoms with Gasteiger partial charge in [0, 0.05) is 0 Å². The van der Waals surface area contributed by atoms with Gasteiger partial charge in [0.05, 0.1) is 0 Å². The van der Waals surface area contributed by atoms with Crippen molar-refractivity contribution in [3.63, 3.8) is 0 Å². The Kier molecular flexibility index (Phi) is 2.24. The van der Waals surface area contributed by atoms with E-state index in [2.05, 4.69) is 6.58 Å². The second kappa shape index (κ2) is 3.18. The maximum absolute atomic E-state index is 8.60. The maximum atomic E-state index is 8.60. The van der Waals surface area contributed by atoms with Crippen LogP contribution in [0.15, 0.2) is 30.8 Å². The highest BCUT2D eigenvalue weighted by Crippen LogP contribution is 2.06. The van der Waals surface area contributed by atoms with Gasteiger partial charge in [-0.05, 0) is 17.2 Å². The van der Waals surface area contributed by atoms with Crippen LogP contribution >= 0.6 is 0 Å². The third kappa shape index (κ3) is 1.45. The maximum Gasteiger partial charge on any atom is 0.109 e. The van der Waals surface area contributed by atoms with Gasteiger partial charge >= 0.3 is 0 Å². The number of aliphatic hydroxyl groups is 1. The molecule has 1 rings (SSSR count). The molecule has 0 spiro atoms. The second-order valence-electron chi connectivity index (χ2n) is 2.00. The summed E-state index contributed by atoms with van der Waals surface area (Å²) in [7, 11) is 0. The van der Waals surface area contributed by atoms with Crippen molar-refractivity contribution >= 4 is 6.08 Å². The zero-order chi connectivity index (χ0) is 7.40. The minimum atomic E-state index is 0.803. The van der Waals surface area contributed by atoms with E-state index in [4.69, 9.17) is 5.11 Å². The summed E-state index contributed by atoms with van der Waals surface area (Å²) in [6, 6.07) is 7.49. The first-order valence-electron chi connectivity index (χ1n) is 3.07. The zero-order valence-electron chi connectivity index (χ0n) is 5.62. The SMILES string of the molecule is C=Cc1cccc([CH]O)c1. The van der Waals surface area contributed by atoms with Crippen LogP contribution in [0.3, 0.4) is 0 Å². The second-order valence-corrected chi connectivity index (χ2v) is 2.00. The molecule has 0 saturated carbocycles. The molecule has 51 valence electrons. The van der Waals surface area contributed by atoms with Crippen molar-refractivity contribution in [1.29, 1.82) is 0 Å². The van der Waals surface area contributed by atoms with Gasteiger partial charge in [-0.3, -0.25) is 0 Å². The summed E-state index contributed by atoms with van der Waals surface area (Å²) in [6.07, 6.45) is 1.74. The molecule has 0 saturated heterocycles. The highest BCUT2D eigenvalue weighted by molar-refractivity contribution is 5.48. The van der Waals surface area contributed by atoms with Crippen LogP contribution in [0.1, 0.15) is 11.1 Å². The number of benzene rings is 1. The van der Waals surface area contributed by atoms with Gasteiger partial charge in [-0.1, -0.05) is 30.9 Å². The summed E-state index contributed by atoms with van der Waals surface area (Å²) in [4.78, 5) is 0.